The van der Waals surface area contributed by atoms with Crippen molar-refractivity contribution < 1.29 is 22.1 Å². The number of ether oxygens (including phenoxy) is 2. The molecule has 1 rings (SSSR count). The number of benzene rings is 1. The van der Waals surface area contributed by atoms with Gasteiger partial charge in [-0.05, 0) is 24.3 Å². The van der Waals surface area contributed by atoms with Gasteiger partial charge in [0.1, 0.15) is 12.4 Å². The minimum atomic E-state index is -3.45. The van der Waals surface area contributed by atoms with Gasteiger partial charge in [0.2, 0.25) is 0 Å². The van der Waals surface area contributed by atoms with Crippen LogP contribution in [0.2, 0.25) is 0 Å². The summed E-state index contributed by atoms with van der Waals surface area (Å²) >= 11 is 0. The molecule has 96 valence electrons. The van der Waals surface area contributed by atoms with Crippen molar-refractivity contribution in [3.05, 3.63) is 24.3 Å². The molecule has 0 heterocycles. The maximum atomic E-state index is 10.6. The summed E-state index contributed by atoms with van der Waals surface area (Å²) in [5.74, 6) is 0.673. The molecule has 1 aromatic rings. The van der Waals surface area contributed by atoms with Crippen molar-refractivity contribution in [3.8, 4) is 5.75 Å². The first-order valence-corrected chi connectivity index (χ1v) is 6.69. The topological polar surface area (TPSA) is 87.9 Å². The van der Waals surface area contributed by atoms with E-state index in [0.717, 1.165) is 6.26 Å². The summed E-state index contributed by atoms with van der Waals surface area (Å²) in [6.07, 6.45) is 0.960. The van der Waals surface area contributed by atoms with Crippen LogP contribution in [-0.2, 0) is 19.0 Å². The van der Waals surface area contributed by atoms with E-state index in [4.69, 9.17) is 15.2 Å². The Balaban J connectivity index is 2.10. The third kappa shape index (κ3) is 6.77. The molecule has 0 aliphatic carbocycles. The first-order chi connectivity index (χ1) is 7.97. The zero-order valence-corrected chi connectivity index (χ0v) is 10.3. The summed E-state index contributed by atoms with van der Waals surface area (Å²) in [5, 5.41) is 0. The van der Waals surface area contributed by atoms with Crippen LogP contribution >= 0.6 is 0 Å². The van der Waals surface area contributed by atoms with Crippen LogP contribution in [0.15, 0.2) is 24.3 Å². The Bertz CT molecular complexity index is 429. The second-order valence-electron chi connectivity index (χ2n) is 3.27. The minimum Gasteiger partial charge on any atom is -0.491 e. The Morgan fingerprint density at radius 2 is 1.82 bits per heavy atom. The molecule has 6 nitrogen and oxygen atoms in total. The van der Waals surface area contributed by atoms with E-state index in [1.54, 1.807) is 24.3 Å². The van der Waals surface area contributed by atoms with Gasteiger partial charge in [0.05, 0.1) is 12.9 Å². The second-order valence-corrected chi connectivity index (χ2v) is 4.91. The molecule has 0 saturated heterocycles. The maximum absolute atomic E-state index is 10.6. The molecular weight excluding hydrogens is 246 g/mol. The lowest BCUT2D eigenvalue weighted by molar-refractivity contribution is 0.00661. The first-order valence-electron chi connectivity index (χ1n) is 4.88. The highest BCUT2D eigenvalue weighted by Crippen LogP contribution is 2.12. The van der Waals surface area contributed by atoms with Crippen molar-refractivity contribution in [1.29, 1.82) is 0 Å². The van der Waals surface area contributed by atoms with Gasteiger partial charge in [0, 0.05) is 5.69 Å². The molecule has 0 fully saturated rings. The highest BCUT2D eigenvalue weighted by molar-refractivity contribution is 7.85. The maximum Gasteiger partial charge on any atom is 0.266 e. The molecule has 17 heavy (non-hydrogen) atoms. The van der Waals surface area contributed by atoms with Crippen LogP contribution in [0.4, 0.5) is 5.69 Å². The molecule has 0 saturated carbocycles. The summed E-state index contributed by atoms with van der Waals surface area (Å²) in [5.41, 5.74) is 6.17. The molecule has 0 unspecified atom stereocenters. The lowest BCUT2D eigenvalue weighted by Gasteiger charge is -2.07. The fourth-order valence-corrected chi connectivity index (χ4v) is 1.21. The molecule has 7 heteroatoms. The number of nitrogen functional groups attached to an aromatic ring is 1. The SMILES string of the molecule is CS(=O)(=O)OCOCCOc1ccc(N)cc1. The van der Waals surface area contributed by atoms with Gasteiger partial charge in [-0.25, -0.2) is 4.18 Å². The number of hydrogen-bond acceptors (Lipinski definition) is 6. The van der Waals surface area contributed by atoms with Crippen LogP contribution in [-0.4, -0.2) is 34.7 Å². The summed E-state index contributed by atoms with van der Waals surface area (Å²) in [6, 6.07) is 6.93. The molecule has 0 bridgehead atoms. The van der Waals surface area contributed by atoms with Crippen molar-refractivity contribution in [2.75, 3.05) is 32.0 Å². The Hall–Kier alpha value is -1.31. The van der Waals surface area contributed by atoms with Crippen LogP contribution in [0.25, 0.3) is 0 Å². The van der Waals surface area contributed by atoms with Crippen LogP contribution in [0.1, 0.15) is 0 Å². The Morgan fingerprint density at radius 3 is 2.41 bits per heavy atom. The number of hydrogen-bond donors (Lipinski definition) is 1. The van der Waals surface area contributed by atoms with Crippen LogP contribution in [0.3, 0.4) is 0 Å². The monoisotopic (exact) mass is 261 g/mol. The predicted molar refractivity (Wildman–Crippen MR) is 63.1 cm³/mol. The van der Waals surface area contributed by atoms with Crippen molar-refractivity contribution >= 4 is 15.8 Å². The van der Waals surface area contributed by atoms with Crippen LogP contribution in [0.5, 0.6) is 5.75 Å². The number of anilines is 1. The fraction of sp³-hybridized carbons (Fsp3) is 0.400. The number of nitrogens with two attached hydrogens (primary N) is 1. The van der Waals surface area contributed by atoms with Gasteiger partial charge in [-0.15, -0.1) is 0 Å². The molecule has 1 aromatic carbocycles. The van der Waals surface area contributed by atoms with Gasteiger partial charge < -0.3 is 15.2 Å². The second kappa shape index (κ2) is 6.43. The van der Waals surface area contributed by atoms with E-state index in [1.807, 2.05) is 0 Å². The predicted octanol–water partition coefficient (Wildman–Crippen LogP) is 0.598. The van der Waals surface area contributed by atoms with E-state index in [-0.39, 0.29) is 13.4 Å². The summed E-state index contributed by atoms with van der Waals surface area (Å²) in [4.78, 5) is 0. The van der Waals surface area contributed by atoms with E-state index < -0.39 is 10.1 Å². The average molecular weight is 261 g/mol. The summed E-state index contributed by atoms with van der Waals surface area (Å²) < 4.78 is 35.7. The van der Waals surface area contributed by atoms with E-state index in [9.17, 15) is 8.42 Å². The molecule has 2 N–H and O–H groups in total. The molecule has 0 amide bonds. The molecule has 0 aliphatic heterocycles. The van der Waals surface area contributed by atoms with E-state index in [0.29, 0.717) is 18.0 Å². The van der Waals surface area contributed by atoms with Gasteiger partial charge in [0.25, 0.3) is 10.1 Å². The van der Waals surface area contributed by atoms with Crippen molar-refractivity contribution in [2.45, 2.75) is 0 Å². The smallest absolute Gasteiger partial charge is 0.266 e. The third-order valence-corrected chi connectivity index (χ3v) is 2.25. The van der Waals surface area contributed by atoms with E-state index >= 15 is 0 Å². The molecule has 0 atom stereocenters. The lowest BCUT2D eigenvalue weighted by atomic mass is 10.3. The molecule has 0 aliphatic rings. The number of rotatable bonds is 7. The van der Waals surface area contributed by atoms with E-state index in [1.165, 1.54) is 0 Å². The van der Waals surface area contributed by atoms with Crippen LogP contribution in [0, 0.1) is 0 Å². The Labute approximate surface area is 100 Å². The van der Waals surface area contributed by atoms with Crippen molar-refractivity contribution in [1.82, 2.24) is 0 Å². The summed E-state index contributed by atoms with van der Waals surface area (Å²) in [7, 11) is -3.45. The first kappa shape index (κ1) is 13.8. The highest BCUT2D eigenvalue weighted by atomic mass is 32.2. The van der Waals surface area contributed by atoms with Crippen molar-refractivity contribution in [3.63, 3.8) is 0 Å². The zero-order chi connectivity index (χ0) is 12.7. The van der Waals surface area contributed by atoms with Gasteiger partial charge in [-0.3, -0.25) is 0 Å². The molecule has 0 aromatic heterocycles. The summed E-state index contributed by atoms with van der Waals surface area (Å²) in [6.45, 7) is 0.237. The minimum absolute atomic E-state index is 0.236. The fourth-order valence-electron chi connectivity index (χ4n) is 0.963. The largest absolute Gasteiger partial charge is 0.491 e. The van der Waals surface area contributed by atoms with Gasteiger partial charge >= 0.3 is 0 Å². The lowest BCUT2D eigenvalue weighted by Crippen LogP contribution is -2.11. The van der Waals surface area contributed by atoms with E-state index in [2.05, 4.69) is 4.18 Å². The quantitative estimate of drug-likeness (QED) is 0.334. The molecule has 0 radical (unpaired) electrons. The van der Waals surface area contributed by atoms with Gasteiger partial charge in [-0.2, -0.15) is 8.42 Å². The van der Waals surface area contributed by atoms with Gasteiger partial charge in [-0.1, -0.05) is 0 Å². The Kier molecular flexibility index (Phi) is 5.20. The van der Waals surface area contributed by atoms with Crippen molar-refractivity contribution in [2.24, 2.45) is 0 Å². The van der Waals surface area contributed by atoms with Crippen LogP contribution < -0.4 is 10.5 Å². The Morgan fingerprint density at radius 1 is 1.18 bits per heavy atom. The zero-order valence-electron chi connectivity index (χ0n) is 9.46. The highest BCUT2D eigenvalue weighted by Gasteiger charge is 2.00. The third-order valence-electron chi connectivity index (χ3n) is 1.72. The normalized spacial score (nSPS) is 11.4. The van der Waals surface area contributed by atoms with Gasteiger partial charge in [0.15, 0.2) is 6.79 Å². The average Bonchev–Trinajstić information content (AvgIpc) is 2.24. The molecular formula is C10H15NO5S. The standard InChI is InChI=1S/C10H15NO5S/c1-17(12,13)16-8-14-6-7-15-10-4-2-9(11)3-5-10/h2-5H,6-8,11H2,1H3. The molecule has 0 spiro atoms.